The van der Waals surface area contributed by atoms with Crippen molar-refractivity contribution in [1.29, 1.82) is 0 Å². The van der Waals surface area contributed by atoms with Crippen molar-refractivity contribution in [3.8, 4) is 0 Å². The van der Waals surface area contributed by atoms with E-state index in [9.17, 15) is 4.79 Å². The molecule has 0 N–H and O–H groups in total. The van der Waals surface area contributed by atoms with Gasteiger partial charge in [-0.1, -0.05) is 11.6 Å². The van der Waals surface area contributed by atoms with Crippen LogP contribution in [0.2, 0.25) is 0 Å². The lowest BCUT2D eigenvalue weighted by Gasteiger charge is -2.46. The second-order valence-electron chi connectivity index (χ2n) is 5.93. The Labute approximate surface area is 115 Å². The molecule has 0 aromatic carbocycles. The van der Waals surface area contributed by atoms with Gasteiger partial charge in [-0.2, -0.15) is 0 Å². The zero-order chi connectivity index (χ0) is 14.1. The van der Waals surface area contributed by atoms with Crippen LogP contribution in [0.5, 0.6) is 0 Å². The molecule has 19 heavy (non-hydrogen) atoms. The molecule has 2 rings (SSSR count). The van der Waals surface area contributed by atoms with E-state index in [1.165, 1.54) is 12.7 Å². The Hall–Kier alpha value is -0.870. The molecule has 1 saturated heterocycles. The number of esters is 1. The van der Waals surface area contributed by atoms with E-state index in [-0.39, 0.29) is 11.9 Å². The Morgan fingerprint density at radius 2 is 2.05 bits per heavy atom. The van der Waals surface area contributed by atoms with Crippen molar-refractivity contribution in [2.24, 2.45) is 11.3 Å². The van der Waals surface area contributed by atoms with Crippen LogP contribution in [-0.4, -0.2) is 32.1 Å². The lowest BCUT2D eigenvalue weighted by atomic mass is 9.66. The average molecular weight is 268 g/mol. The highest BCUT2D eigenvalue weighted by molar-refractivity contribution is 5.76. The van der Waals surface area contributed by atoms with Gasteiger partial charge in [-0.05, 0) is 33.6 Å². The number of ether oxygens (including phenoxy) is 3. The third-order valence-corrected chi connectivity index (χ3v) is 4.56. The normalized spacial score (nSPS) is 28.8. The molecule has 1 unspecified atom stereocenters. The average Bonchev–Trinajstić information content (AvgIpc) is 2.87. The van der Waals surface area contributed by atoms with Crippen LogP contribution in [0.3, 0.4) is 0 Å². The fourth-order valence-electron chi connectivity index (χ4n) is 3.32. The van der Waals surface area contributed by atoms with Crippen molar-refractivity contribution in [1.82, 2.24) is 0 Å². The van der Waals surface area contributed by atoms with E-state index in [1.54, 1.807) is 0 Å². The van der Waals surface area contributed by atoms with E-state index < -0.39 is 11.2 Å². The zero-order valence-corrected chi connectivity index (χ0v) is 12.3. The summed E-state index contributed by atoms with van der Waals surface area (Å²) in [7, 11) is 1.44. The number of rotatable bonds is 2. The van der Waals surface area contributed by atoms with Crippen LogP contribution in [0.15, 0.2) is 11.6 Å². The molecule has 108 valence electrons. The fourth-order valence-corrected chi connectivity index (χ4v) is 3.32. The Morgan fingerprint density at radius 3 is 2.58 bits per heavy atom. The molecule has 1 aliphatic carbocycles. The Morgan fingerprint density at radius 1 is 1.42 bits per heavy atom. The molecule has 0 bridgehead atoms. The van der Waals surface area contributed by atoms with E-state index in [2.05, 4.69) is 6.08 Å². The minimum absolute atomic E-state index is 0.00472. The van der Waals surface area contributed by atoms with E-state index in [0.29, 0.717) is 13.2 Å². The van der Waals surface area contributed by atoms with Gasteiger partial charge in [-0.15, -0.1) is 0 Å². The fraction of sp³-hybridized carbons (Fsp3) is 0.800. The molecule has 1 aliphatic heterocycles. The second-order valence-corrected chi connectivity index (χ2v) is 5.93. The summed E-state index contributed by atoms with van der Waals surface area (Å²) in [5, 5.41) is 0. The van der Waals surface area contributed by atoms with Crippen molar-refractivity contribution in [3.63, 3.8) is 0 Å². The first-order valence-electron chi connectivity index (χ1n) is 6.96. The third-order valence-electron chi connectivity index (χ3n) is 4.56. The van der Waals surface area contributed by atoms with E-state index in [0.717, 1.165) is 19.3 Å². The number of allylic oxidation sites excluding steroid dienone is 2. The summed E-state index contributed by atoms with van der Waals surface area (Å²) in [6, 6.07) is 0. The van der Waals surface area contributed by atoms with Crippen molar-refractivity contribution in [2.75, 3.05) is 20.3 Å². The van der Waals surface area contributed by atoms with Crippen molar-refractivity contribution in [3.05, 3.63) is 11.6 Å². The molecule has 1 atom stereocenters. The lowest BCUT2D eigenvalue weighted by molar-refractivity contribution is -0.233. The van der Waals surface area contributed by atoms with Crippen molar-refractivity contribution < 1.29 is 19.0 Å². The van der Waals surface area contributed by atoms with E-state index in [1.807, 2.05) is 20.8 Å². The number of carbonyl (C=O) groups is 1. The van der Waals surface area contributed by atoms with Gasteiger partial charge in [0.2, 0.25) is 0 Å². The molecule has 0 aromatic heterocycles. The van der Waals surface area contributed by atoms with Gasteiger partial charge in [0.25, 0.3) is 0 Å². The summed E-state index contributed by atoms with van der Waals surface area (Å²) < 4.78 is 16.8. The van der Waals surface area contributed by atoms with Gasteiger partial charge in [0.15, 0.2) is 5.79 Å². The van der Waals surface area contributed by atoms with E-state index in [4.69, 9.17) is 14.2 Å². The van der Waals surface area contributed by atoms with Crippen LogP contribution in [0.25, 0.3) is 0 Å². The Balaban J connectivity index is 2.32. The molecule has 0 radical (unpaired) electrons. The molecule has 0 aromatic rings. The quantitative estimate of drug-likeness (QED) is 0.570. The highest BCUT2D eigenvalue weighted by atomic mass is 16.7. The van der Waals surface area contributed by atoms with Gasteiger partial charge in [-0.25, -0.2) is 0 Å². The van der Waals surface area contributed by atoms with Crippen LogP contribution in [-0.2, 0) is 19.0 Å². The van der Waals surface area contributed by atoms with Gasteiger partial charge < -0.3 is 14.2 Å². The molecular formula is C15H24O4. The second kappa shape index (κ2) is 5.25. The van der Waals surface area contributed by atoms with Crippen LogP contribution >= 0.6 is 0 Å². The first-order valence-corrected chi connectivity index (χ1v) is 6.96. The van der Waals surface area contributed by atoms with E-state index >= 15 is 0 Å². The number of methoxy groups -OCH3 is 1. The molecule has 4 nitrogen and oxygen atoms in total. The summed E-state index contributed by atoms with van der Waals surface area (Å²) in [4.78, 5) is 12.1. The molecule has 1 spiro atoms. The molecule has 1 saturated carbocycles. The standard InChI is InChI=1S/C15H24O4/c1-5-11-6-7-15(18-8-9-19-15)12(10-11)14(2,3)13(16)17-4/h5,12H,6-10H2,1-4H3/b11-5+. The largest absolute Gasteiger partial charge is 0.469 e. The molecule has 2 fully saturated rings. The third kappa shape index (κ3) is 2.43. The molecule has 2 aliphatic rings. The van der Waals surface area contributed by atoms with Gasteiger partial charge in [-0.3, -0.25) is 4.79 Å². The summed E-state index contributed by atoms with van der Waals surface area (Å²) in [6.45, 7) is 7.12. The molecular weight excluding hydrogens is 244 g/mol. The van der Waals surface area contributed by atoms with Crippen LogP contribution in [0.1, 0.15) is 40.0 Å². The first-order chi connectivity index (χ1) is 8.96. The number of hydrogen-bond donors (Lipinski definition) is 0. The summed E-state index contributed by atoms with van der Waals surface area (Å²) in [6.07, 6.45) is 4.77. The Bertz CT molecular complexity index is 378. The maximum atomic E-state index is 12.1. The first kappa shape index (κ1) is 14.5. The van der Waals surface area contributed by atoms with Crippen LogP contribution < -0.4 is 0 Å². The number of carbonyl (C=O) groups excluding carboxylic acids is 1. The summed E-state index contributed by atoms with van der Waals surface area (Å²) >= 11 is 0. The maximum absolute atomic E-state index is 12.1. The maximum Gasteiger partial charge on any atom is 0.311 e. The van der Waals surface area contributed by atoms with Gasteiger partial charge in [0.1, 0.15) is 0 Å². The minimum atomic E-state index is -0.617. The highest BCUT2D eigenvalue weighted by Crippen LogP contribution is 2.50. The highest BCUT2D eigenvalue weighted by Gasteiger charge is 2.55. The van der Waals surface area contributed by atoms with Crippen LogP contribution in [0, 0.1) is 11.3 Å². The van der Waals surface area contributed by atoms with Gasteiger partial charge in [0.05, 0.1) is 25.7 Å². The zero-order valence-electron chi connectivity index (χ0n) is 12.3. The summed E-state index contributed by atoms with van der Waals surface area (Å²) in [5.41, 5.74) is 0.750. The minimum Gasteiger partial charge on any atom is -0.469 e. The monoisotopic (exact) mass is 268 g/mol. The lowest BCUT2D eigenvalue weighted by Crippen LogP contribution is -2.52. The van der Waals surface area contributed by atoms with Crippen LogP contribution in [0.4, 0.5) is 0 Å². The number of hydrogen-bond acceptors (Lipinski definition) is 4. The molecule has 1 heterocycles. The smallest absolute Gasteiger partial charge is 0.311 e. The Kier molecular flexibility index (Phi) is 4.02. The predicted molar refractivity (Wildman–Crippen MR) is 71.5 cm³/mol. The van der Waals surface area contributed by atoms with Crippen molar-refractivity contribution in [2.45, 2.75) is 45.8 Å². The van der Waals surface area contributed by atoms with Gasteiger partial charge >= 0.3 is 5.97 Å². The SMILES string of the molecule is C/C=C1\CCC2(OCCO2)C(C(C)(C)C(=O)OC)C1. The van der Waals surface area contributed by atoms with Gasteiger partial charge in [0, 0.05) is 12.3 Å². The molecule has 4 heteroatoms. The van der Waals surface area contributed by atoms with Crippen molar-refractivity contribution >= 4 is 5.97 Å². The topological polar surface area (TPSA) is 44.8 Å². The predicted octanol–water partition coefficient (Wildman–Crippen LogP) is 2.68. The molecule has 0 amide bonds. The summed E-state index contributed by atoms with van der Waals surface area (Å²) in [5.74, 6) is -0.812.